The molecule has 0 aromatic heterocycles. The fourth-order valence-electron chi connectivity index (χ4n) is 3.55. The van der Waals surface area contributed by atoms with E-state index in [4.69, 9.17) is 4.74 Å². The minimum Gasteiger partial charge on any atom is -0.378 e. The summed E-state index contributed by atoms with van der Waals surface area (Å²) in [6, 6.07) is 4.87. The number of ether oxygens (including phenoxy) is 1. The van der Waals surface area contributed by atoms with Crippen molar-refractivity contribution in [3.8, 4) is 0 Å². The lowest BCUT2D eigenvalue weighted by Crippen LogP contribution is -2.52. The number of alkyl halides is 3. The average molecular weight is 356 g/mol. The third-order valence-corrected chi connectivity index (χ3v) is 4.90. The van der Waals surface area contributed by atoms with Gasteiger partial charge in [0.2, 0.25) is 5.91 Å². The summed E-state index contributed by atoms with van der Waals surface area (Å²) >= 11 is 0. The van der Waals surface area contributed by atoms with Gasteiger partial charge in [-0.15, -0.1) is 0 Å². The number of halogens is 3. The normalized spacial score (nSPS) is 25.1. The Labute approximate surface area is 145 Å². The zero-order valence-corrected chi connectivity index (χ0v) is 14.0. The Morgan fingerprint density at radius 1 is 1.12 bits per heavy atom. The highest BCUT2D eigenvalue weighted by atomic mass is 19.4. The van der Waals surface area contributed by atoms with E-state index in [0.29, 0.717) is 18.8 Å². The Morgan fingerprint density at radius 3 is 2.44 bits per heavy atom. The number of hydrogen-bond donors (Lipinski definition) is 1. The zero-order chi connectivity index (χ0) is 17.9. The topological polar surface area (TPSA) is 41.6 Å². The van der Waals surface area contributed by atoms with Crippen molar-refractivity contribution >= 4 is 5.91 Å². The van der Waals surface area contributed by atoms with Gasteiger partial charge in [0.25, 0.3) is 0 Å². The van der Waals surface area contributed by atoms with Crippen LogP contribution in [-0.4, -0.2) is 49.2 Å². The van der Waals surface area contributed by atoms with Crippen LogP contribution in [0.3, 0.4) is 0 Å². The minimum absolute atomic E-state index is 0.0555. The van der Waals surface area contributed by atoms with E-state index in [1.807, 2.05) is 0 Å². The van der Waals surface area contributed by atoms with Gasteiger partial charge in [0.15, 0.2) is 0 Å². The maximum Gasteiger partial charge on any atom is 0.416 e. The predicted molar refractivity (Wildman–Crippen MR) is 87.1 cm³/mol. The van der Waals surface area contributed by atoms with Crippen molar-refractivity contribution in [3.63, 3.8) is 0 Å². The highest BCUT2D eigenvalue weighted by Gasteiger charge is 2.34. The molecule has 25 heavy (non-hydrogen) atoms. The number of likely N-dealkylation sites (tertiary alicyclic amines) is 1. The van der Waals surface area contributed by atoms with E-state index in [-0.39, 0.29) is 24.4 Å². The van der Waals surface area contributed by atoms with Crippen molar-refractivity contribution in [2.45, 2.75) is 43.9 Å². The fraction of sp³-hybridized carbons (Fsp3) is 0.611. The quantitative estimate of drug-likeness (QED) is 0.902. The summed E-state index contributed by atoms with van der Waals surface area (Å²) in [5.41, 5.74) is -0.134. The first-order chi connectivity index (χ1) is 11.9. The lowest BCUT2D eigenvalue weighted by atomic mass is 10.0. The number of carbonyl (C=O) groups is 1. The maximum absolute atomic E-state index is 12.6. The molecule has 3 rings (SSSR count). The van der Waals surface area contributed by atoms with Gasteiger partial charge >= 0.3 is 6.18 Å². The van der Waals surface area contributed by atoms with Crippen LogP contribution < -0.4 is 5.32 Å². The van der Waals surface area contributed by atoms with Crippen LogP contribution in [0.1, 0.15) is 30.4 Å². The number of carbonyl (C=O) groups excluding carboxylic acids is 1. The Balaban J connectivity index is 1.54. The average Bonchev–Trinajstić information content (AvgIpc) is 3.03. The Hall–Kier alpha value is -1.60. The molecule has 2 saturated heterocycles. The van der Waals surface area contributed by atoms with Crippen molar-refractivity contribution in [1.82, 2.24) is 10.2 Å². The first-order valence-corrected chi connectivity index (χ1v) is 8.71. The highest BCUT2D eigenvalue weighted by molar-refractivity contribution is 5.79. The SMILES string of the molecule is O=C(Cc1ccc(C(F)(F)F)cc1)N[C@H]1COC[C@@H]1N1CCCCC1. The molecule has 1 aromatic carbocycles. The second-order valence-corrected chi connectivity index (χ2v) is 6.75. The predicted octanol–water partition coefficient (Wildman–Crippen LogP) is 2.62. The van der Waals surface area contributed by atoms with Crippen molar-refractivity contribution in [2.75, 3.05) is 26.3 Å². The van der Waals surface area contributed by atoms with Gasteiger partial charge in [-0.1, -0.05) is 18.6 Å². The minimum atomic E-state index is -4.36. The van der Waals surface area contributed by atoms with Crippen LogP contribution in [0.2, 0.25) is 0 Å². The molecule has 2 fully saturated rings. The molecule has 2 aliphatic heterocycles. The van der Waals surface area contributed by atoms with Gasteiger partial charge in [0, 0.05) is 0 Å². The molecule has 138 valence electrons. The van der Waals surface area contributed by atoms with Crippen molar-refractivity contribution < 1.29 is 22.7 Å². The van der Waals surface area contributed by atoms with Gasteiger partial charge in [-0.05, 0) is 43.6 Å². The molecular formula is C18H23F3N2O2. The van der Waals surface area contributed by atoms with Crippen molar-refractivity contribution in [3.05, 3.63) is 35.4 Å². The molecule has 1 N–H and O–H groups in total. The number of piperidine rings is 1. The van der Waals surface area contributed by atoms with Gasteiger partial charge in [-0.3, -0.25) is 9.69 Å². The lowest BCUT2D eigenvalue weighted by molar-refractivity contribution is -0.137. The molecule has 1 aromatic rings. The molecule has 2 heterocycles. The molecule has 2 aliphatic rings. The van der Waals surface area contributed by atoms with Crippen LogP contribution in [0.15, 0.2) is 24.3 Å². The van der Waals surface area contributed by atoms with Gasteiger partial charge in [-0.25, -0.2) is 0 Å². The van der Waals surface area contributed by atoms with Crippen molar-refractivity contribution in [2.24, 2.45) is 0 Å². The van der Waals surface area contributed by atoms with Crippen LogP contribution in [0.5, 0.6) is 0 Å². The van der Waals surface area contributed by atoms with Crippen LogP contribution in [0.4, 0.5) is 13.2 Å². The largest absolute Gasteiger partial charge is 0.416 e. The summed E-state index contributed by atoms with van der Waals surface area (Å²) in [5.74, 6) is -0.183. The first-order valence-electron chi connectivity index (χ1n) is 8.71. The summed E-state index contributed by atoms with van der Waals surface area (Å²) in [6.07, 6.45) is -0.703. The number of benzene rings is 1. The van der Waals surface area contributed by atoms with E-state index in [1.165, 1.54) is 31.4 Å². The van der Waals surface area contributed by atoms with Crippen LogP contribution >= 0.6 is 0 Å². The Morgan fingerprint density at radius 2 is 1.80 bits per heavy atom. The van der Waals surface area contributed by atoms with Crippen molar-refractivity contribution in [1.29, 1.82) is 0 Å². The summed E-state index contributed by atoms with van der Waals surface area (Å²) in [6.45, 7) is 3.16. The molecule has 0 spiro atoms. The van der Waals surface area contributed by atoms with Crippen LogP contribution in [-0.2, 0) is 22.1 Å². The van der Waals surface area contributed by atoms with E-state index in [0.717, 1.165) is 25.2 Å². The van der Waals surface area contributed by atoms with Gasteiger partial charge < -0.3 is 10.1 Å². The van der Waals surface area contributed by atoms with E-state index < -0.39 is 11.7 Å². The number of nitrogens with zero attached hydrogens (tertiary/aromatic N) is 1. The molecule has 7 heteroatoms. The summed E-state index contributed by atoms with van der Waals surface area (Å²) in [5, 5.41) is 2.99. The van der Waals surface area contributed by atoms with Gasteiger partial charge in [0.1, 0.15) is 0 Å². The third kappa shape index (κ3) is 4.73. The Bertz CT molecular complexity index is 583. The van der Waals surface area contributed by atoms with Crippen LogP contribution in [0, 0.1) is 0 Å². The monoisotopic (exact) mass is 356 g/mol. The van der Waals surface area contributed by atoms with E-state index in [1.54, 1.807) is 0 Å². The first kappa shape index (κ1) is 18.2. The lowest BCUT2D eigenvalue weighted by Gasteiger charge is -2.34. The summed E-state index contributed by atoms with van der Waals surface area (Å²) in [4.78, 5) is 14.6. The number of nitrogens with one attached hydrogen (secondary N) is 1. The molecule has 2 atom stereocenters. The molecule has 0 radical (unpaired) electrons. The number of hydrogen-bond acceptors (Lipinski definition) is 3. The van der Waals surface area contributed by atoms with Gasteiger partial charge in [0.05, 0.1) is 37.3 Å². The molecule has 0 aliphatic carbocycles. The summed E-state index contributed by atoms with van der Waals surface area (Å²) < 4.78 is 43.3. The highest BCUT2D eigenvalue weighted by Crippen LogP contribution is 2.29. The van der Waals surface area contributed by atoms with Crippen LogP contribution in [0.25, 0.3) is 0 Å². The van der Waals surface area contributed by atoms with Gasteiger partial charge in [-0.2, -0.15) is 13.2 Å². The van der Waals surface area contributed by atoms with E-state index in [2.05, 4.69) is 10.2 Å². The number of rotatable bonds is 4. The van der Waals surface area contributed by atoms with E-state index in [9.17, 15) is 18.0 Å². The molecular weight excluding hydrogens is 333 g/mol. The second kappa shape index (κ2) is 7.74. The third-order valence-electron chi connectivity index (χ3n) is 4.90. The number of amides is 1. The van der Waals surface area contributed by atoms with E-state index >= 15 is 0 Å². The maximum atomic E-state index is 12.6. The zero-order valence-electron chi connectivity index (χ0n) is 14.0. The molecule has 0 saturated carbocycles. The Kier molecular flexibility index (Phi) is 5.64. The molecule has 0 bridgehead atoms. The molecule has 1 amide bonds. The fourth-order valence-corrected chi connectivity index (χ4v) is 3.55. The second-order valence-electron chi connectivity index (χ2n) is 6.75. The summed E-state index contributed by atoms with van der Waals surface area (Å²) in [7, 11) is 0. The molecule has 4 nitrogen and oxygen atoms in total. The standard InChI is InChI=1S/C18H23F3N2O2/c19-18(20,21)14-6-4-13(5-7-14)10-17(24)22-15-11-25-12-16(15)23-8-2-1-3-9-23/h4-7,15-16H,1-3,8-12H2,(H,22,24)/t15-,16-/m0/s1. The smallest absolute Gasteiger partial charge is 0.378 e. The molecule has 0 unspecified atom stereocenters.